The highest BCUT2D eigenvalue weighted by molar-refractivity contribution is 6.31. The number of carbonyl (C=O) groups excluding carboxylic acids is 1. The first kappa shape index (κ1) is 15.1. The van der Waals surface area contributed by atoms with Gasteiger partial charge in [0, 0.05) is 49.0 Å². The van der Waals surface area contributed by atoms with E-state index in [2.05, 4.69) is 16.7 Å². The zero-order valence-electron chi connectivity index (χ0n) is 11.9. The number of hydrogen-bond acceptors (Lipinski definition) is 3. The lowest BCUT2D eigenvalue weighted by Crippen LogP contribution is -2.44. The maximum absolute atomic E-state index is 12.0. The van der Waals surface area contributed by atoms with Crippen molar-refractivity contribution in [3.63, 3.8) is 0 Å². The van der Waals surface area contributed by atoms with Crippen LogP contribution in [0.5, 0.6) is 0 Å². The van der Waals surface area contributed by atoms with Crippen LogP contribution < -0.4 is 0 Å². The summed E-state index contributed by atoms with van der Waals surface area (Å²) in [5.41, 5.74) is 0.637. The van der Waals surface area contributed by atoms with Gasteiger partial charge in [-0.2, -0.15) is 0 Å². The Bertz CT molecular complexity index is 479. The molecule has 4 heteroatoms. The van der Waals surface area contributed by atoms with E-state index in [4.69, 9.17) is 11.6 Å². The van der Waals surface area contributed by atoms with E-state index in [0.29, 0.717) is 10.6 Å². The maximum Gasteiger partial charge on any atom is 0.187 e. The monoisotopic (exact) mass is 292 g/mol. The van der Waals surface area contributed by atoms with E-state index < -0.39 is 0 Å². The molecule has 0 saturated carbocycles. The number of carbonyl (C=O) groups is 1. The molecule has 3 nitrogen and oxygen atoms in total. The molecule has 0 unspecified atom stereocenters. The highest BCUT2D eigenvalue weighted by Crippen LogP contribution is 2.12. The summed E-state index contributed by atoms with van der Waals surface area (Å²) in [5.74, 6) is 0.00323. The zero-order valence-corrected chi connectivity index (χ0v) is 12.6. The van der Waals surface area contributed by atoms with Gasteiger partial charge >= 0.3 is 0 Å². The van der Waals surface area contributed by atoms with Gasteiger partial charge in [0.2, 0.25) is 0 Å². The van der Waals surface area contributed by atoms with Crippen LogP contribution in [0.1, 0.15) is 23.7 Å². The molecular formula is C16H21ClN2O. The van der Waals surface area contributed by atoms with Gasteiger partial charge in [0.1, 0.15) is 0 Å². The van der Waals surface area contributed by atoms with Gasteiger partial charge in [-0.15, -0.1) is 0 Å². The van der Waals surface area contributed by atoms with Crippen molar-refractivity contribution >= 4 is 17.4 Å². The number of benzene rings is 1. The van der Waals surface area contributed by atoms with Gasteiger partial charge in [-0.05, 0) is 25.1 Å². The topological polar surface area (TPSA) is 23.6 Å². The van der Waals surface area contributed by atoms with E-state index in [-0.39, 0.29) is 5.78 Å². The molecule has 1 fully saturated rings. The Morgan fingerprint density at radius 2 is 2.05 bits per heavy atom. The first-order chi connectivity index (χ1) is 9.69. The molecule has 1 aromatic rings. The van der Waals surface area contributed by atoms with Crippen LogP contribution in [-0.4, -0.2) is 48.3 Å². The van der Waals surface area contributed by atoms with E-state index >= 15 is 0 Å². The second-order valence-corrected chi connectivity index (χ2v) is 5.50. The van der Waals surface area contributed by atoms with Crippen molar-refractivity contribution in [2.45, 2.75) is 13.3 Å². The molecule has 0 N–H and O–H groups in total. The molecule has 1 aromatic carbocycles. The molecule has 1 saturated heterocycles. The highest BCUT2D eigenvalue weighted by Gasteiger charge is 2.13. The normalized spacial score (nSPS) is 16.8. The Labute approximate surface area is 125 Å². The molecule has 1 heterocycles. The average molecular weight is 293 g/mol. The fourth-order valence-electron chi connectivity index (χ4n) is 2.36. The summed E-state index contributed by atoms with van der Waals surface area (Å²) in [6, 6.07) is 7.06. The van der Waals surface area contributed by atoms with Gasteiger partial charge in [0.15, 0.2) is 5.78 Å². The van der Waals surface area contributed by atoms with Crippen molar-refractivity contribution in [1.29, 1.82) is 0 Å². The molecule has 0 aromatic heterocycles. The Morgan fingerprint density at radius 1 is 1.30 bits per heavy atom. The van der Waals surface area contributed by atoms with Gasteiger partial charge in [-0.1, -0.05) is 30.7 Å². The summed E-state index contributed by atoms with van der Waals surface area (Å²) < 4.78 is 0. The minimum absolute atomic E-state index is 0.00323. The fourth-order valence-corrected chi connectivity index (χ4v) is 2.55. The quantitative estimate of drug-likeness (QED) is 0.615. The van der Waals surface area contributed by atoms with Crippen molar-refractivity contribution < 1.29 is 4.79 Å². The van der Waals surface area contributed by atoms with E-state index in [1.54, 1.807) is 30.3 Å². The van der Waals surface area contributed by atoms with Crippen molar-refractivity contribution in [2.24, 2.45) is 0 Å². The van der Waals surface area contributed by atoms with E-state index in [1.807, 2.05) is 6.20 Å². The number of piperazine rings is 1. The SMILES string of the molecule is CCCN1CCN(C=CC(=O)c2cccc(Cl)c2)CC1. The average Bonchev–Trinajstić information content (AvgIpc) is 2.46. The van der Waals surface area contributed by atoms with Crippen molar-refractivity contribution in [3.8, 4) is 0 Å². The van der Waals surface area contributed by atoms with Crippen molar-refractivity contribution in [3.05, 3.63) is 47.1 Å². The summed E-state index contributed by atoms with van der Waals surface area (Å²) in [6.45, 7) is 7.49. The molecule has 0 bridgehead atoms. The van der Waals surface area contributed by atoms with Crippen LogP contribution in [0, 0.1) is 0 Å². The third-order valence-corrected chi connectivity index (χ3v) is 3.73. The largest absolute Gasteiger partial charge is 0.375 e. The van der Waals surface area contributed by atoms with Gasteiger partial charge in [0.25, 0.3) is 0 Å². The highest BCUT2D eigenvalue weighted by atomic mass is 35.5. The lowest BCUT2D eigenvalue weighted by Gasteiger charge is -2.33. The minimum Gasteiger partial charge on any atom is -0.375 e. The van der Waals surface area contributed by atoms with Crippen LogP contribution in [-0.2, 0) is 0 Å². The van der Waals surface area contributed by atoms with Crippen LogP contribution in [0.2, 0.25) is 5.02 Å². The third kappa shape index (κ3) is 4.36. The summed E-state index contributed by atoms with van der Waals surface area (Å²) in [4.78, 5) is 16.7. The summed E-state index contributed by atoms with van der Waals surface area (Å²) in [7, 11) is 0. The van der Waals surface area contributed by atoms with Crippen LogP contribution in [0.3, 0.4) is 0 Å². The van der Waals surface area contributed by atoms with Crippen LogP contribution in [0.15, 0.2) is 36.5 Å². The maximum atomic E-state index is 12.0. The van der Waals surface area contributed by atoms with Crippen molar-refractivity contribution in [2.75, 3.05) is 32.7 Å². The molecule has 20 heavy (non-hydrogen) atoms. The molecule has 0 aliphatic carbocycles. The summed E-state index contributed by atoms with van der Waals surface area (Å²) in [6.07, 6.45) is 4.75. The van der Waals surface area contributed by atoms with Gasteiger partial charge in [-0.3, -0.25) is 9.69 Å². The molecule has 0 spiro atoms. The van der Waals surface area contributed by atoms with Gasteiger partial charge < -0.3 is 4.90 Å². The Balaban J connectivity index is 1.86. The van der Waals surface area contributed by atoms with Gasteiger partial charge in [0.05, 0.1) is 0 Å². The Kier molecular flexibility index (Phi) is 5.62. The molecule has 2 rings (SSSR count). The van der Waals surface area contributed by atoms with Gasteiger partial charge in [-0.25, -0.2) is 0 Å². The molecule has 108 valence electrons. The standard InChI is InChI=1S/C16H21ClN2O/c1-2-7-18-9-11-19(12-10-18)8-6-16(20)14-4-3-5-15(17)13-14/h3-6,8,13H,2,7,9-12H2,1H3. The number of nitrogens with zero attached hydrogens (tertiary/aromatic N) is 2. The summed E-state index contributed by atoms with van der Waals surface area (Å²) >= 11 is 5.89. The number of halogens is 1. The number of hydrogen-bond donors (Lipinski definition) is 0. The van der Waals surface area contributed by atoms with Crippen molar-refractivity contribution in [1.82, 2.24) is 9.80 Å². The predicted octanol–water partition coefficient (Wildman–Crippen LogP) is 3.06. The number of allylic oxidation sites excluding steroid dienone is 1. The van der Waals surface area contributed by atoms with Crippen LogP contribution in [0.25, 0.3) is 0 Å². The minimum atomic E-state index is 0.00323. The first-order valence-electron chi connectivity index (χ1n) is 7.13. The predicted molar refractivity (Wildman–Crippen MR) is 83.2 cm³/mol. The Morgan fingerprint density at radius 3 is 2.70 bits per heavy atom. The zero-order chi connectivity index (χ0) is 14.4. The molecule has 0 atom stereocenters. The van der Waals surface area contributed by atoms with E-state index in [1.165, 1.54) is 13.0 Å². The second kappa shape index (κ2) is 7.46. The molecule has 0 radical (unpaired) electrons. The number of rotatable bonds is 5. The first-order valence-corrected chi connectivity index (χ1v) is 7.51. The van der Waals surface area contributed by atoms with E-state index in [9.17, 15) is 4.79 Å². The lowest BCUT2D eigenvalue weighted by molar-refractivity contribution is 0.104. The molecule has 0 amide bonds. The Hall–Kier alpha value is -1.32. The molecular weight excluding hydrogens is 272 g/mol. The summed E-state index contributed by atoms with van der Waals surface area (Å²) in [5, 5.41) is 0.595. The second-order valence-electron chi connectivity index (χ2n) is 5.07. The van der Waals surface area contributed by atoms with Crippen LogP contribution >= 0.6 is 11.6 Å². The smallest absolute Gasteiger partial charge is 0.187 e. The molecule has 1 aliphatic rings. The third-order valence-electron chi connectivity index (χ3n) is 3.49. The van der Waals surface area contributed by atoms with E-state index in [0.717, 1.165) is 26.2 Å². The molecule has 1 aliphatic heterocycles. The fraction of sp³-hybridized carbons (Fsp3) is 0.438. The lowest BCUT2D eigenvalue weighted by atomic mass is 10.1. The van der Waals surface area contributed by atoms with Crippen LogP contribution in [0.4, 0.5) is 0 Å². The number of ketones is 1.